The summed E-state index contributed by atoms with van der Waals surface area (Å²) in [5.41, 5.74) is 1.12. The van der Waals surface area contributed by atoms with Gasteiger partial charge in [0.15, 0.2) is 0 Å². The molecule has 2 aliphatic heterocycles. The second-order valence-corrected chi connectivity index (χ2v) is 5.82. The van der Waals surface area contributed by atoms with Crippen LogP contribution in [0.5, 0.6) is 0 Å². The molecule has 2 bridgehead atoms. The van der Waals surface area contributed by atoms with Crippen LogP contribution in [0.2, 0.25) is 0 Å². The van der Waals surface area contributed by atoms with E-state index in [1.165, 1.54) is 23.5 Å². The zero-order chi connectivity index (χ0) is 18.8. The van der Waals surface area contributed by atoms with Gasteiger partial charge in [-0.3, -0.25) is 14.8 Å². The molecule has 0 aliphatic carbocycles. The van der Waals surface area contributed by atoms with Crippen LogP contribution >= 0.6 is 0 Å². The first kappa shape index (κ1) is 20.8. The van der Waals surface area contributed by atoms with Gasteiger partial charge in [0.05, 0.1) is 31.0 Å². The quantitative estimate of drug-likeness (QED) is 0.494. The number of hydroxylamine groups is 2. The van der Waals surface area contributed by atoms with Crippen molar-refractivity contribution in [2.45, 2.75) is 31.9 Å². The maximum atomic E-state index is 13.3. The molecule has 3 amide bonds. The number of alkyl halides is 1. The SMILES string of the molecule is CC1=C[C@@H]2CN(C(=O)N2O[C@@H](F)C(=O)O)[C@@H]1C(=O)NCc1cnccn1.[LiH]. The number of nitrogens with zero attached hydrogens (tertiary/aromatic N) is 4. The van der Waals surface area contributed by atoms with Crippen LogP contribution < -0.4 is 5.32 Å². The predicted molar refractivity (Wildman–Crippen MR) is 89.9 cm³/mol. The number of nitrogens with one attached hydrogen (secondary N) is 1. The minimum atomic E-state index is -2.67. The van der Waals surface area contributed by atoms with E-state index in [9.17, 15) is 18.8 Å². The van der Waals surface area contributed by atoms with Crippen molar-refractivity contribution in [3.63, 3.8) is 0 Å². The zero-order valence-corrected chi connectivity index (χ0v) is 13.7. The molecule has 2 N–H and O–H groups in total. The summed E-state index contributed by atoms with van der Waals surface area (Å²) in [5, 5.41) is 11.9. The van der Waals surface area contributed by atoms with Crippen LogP contribution in [0, 0.1) is 0 Å². The summed E-state index contributed by atoms with van der Waals surface area (Å²) >= 11 is 0. The third-order valence-electron chi connectivity index (χ3n) is 4.03. The Morgan fingerprint density at radius 1 is 1.48 bits per heavy atom. The fourth-order valence-corrected chi connectivity index (χ4v) is 2.91. The number of aromatic nitrogens is 2. The van der Waals surface area contributed by atoms with Crippen molar-refractivity contribution < 1.29 is 28.7 Å². The van der Waals surface area contributed by atoms with E-state index in [1.807, 2.05) is 0 Å². The van der Waals surface area contributed by atoms with Gasteiger partial charge in [0.1, 0.15) is 6.04 Å². The zero-order valence-electron chi connectivity index (χ0n) is 13.7. The fourth-order valence-electron chi connectivity index (χ4n) is 2.91. The molecule has 1 aromatic heterocycles. The van der Waals surface area contributed by atoms with Crippen molar-refractivity contribution in [2.75, 3.05) is 6.54 Å². The van der Waals surface area contributed by atoms with E-state index in [0.29, 0.717) is 16.3 Å². The van der Waals surface area contributed by atoms with Gasteiger partial charge >= 0.3 is 37.2 Å². The molecular formula is C15H17FLiN5O5. The van der Waals surface area contributed by atoms with Crippen molar-refractivity contribution in [1.82, 2.24) is 25.2 Å². The molecule has 140 valence electrons. The number of aliphatic carboxylic acids is 1. The molecule has 1 saturated heterocycles. The number of carboxylic acids is 1. The molecule has 1 fully saturated rings. The molecule has 27 heavy (non-hydrogen) atoms. The van der Waals surface area contributed by atoms with Crippen LogP contribution in [0.4, 0.5) is 9.18 Å². The average Bonchev–Trinajstić information content (AvgIpc) is 2.86. The molecule has 3 rings (SSSR count). The number of fused-ring (bicyclic) bond motifs is 2. The Balaban J connectivity index is 0.00000261. The molecule has 0 saturated carbocycles. The number of urea groups is 1. The standard InChI is InChI=1S/C15H16FN5O5.Li.H/c1-8-4-10-7-20(15(25)21(10)26-12(16)14(23)24)11(8)13(22)19-6-9-5-17-2-3-18-9;;/h2-5,10-12H,6-7H2,1H3,(H,19,22)(H,23,24);;/t10-,11+,12-;;/m1../s1. The summed E-state index contributed by atoms with van der Waals surface area (Å²) in [6.07, 6.45) is 3.42. The van der Waals surface area contributed by atoms with E-state index < -0.39 is 36.3 Å². The summed E-state index contributed by atoms with van der Waals surface area (Å²) < 4.78 is 13.3. The van der Waals surface area contributed by atoms with Crippen LogP contribution in [0.15, 0.2) is 30.2 Å². The average molecular weight is 373 g/mol. The van der Waals surface area contributed by atoms with E-state index in [2.05, 4.69) is 20.1 Å². The van der Waals surface area contributed by atoms with Crippen molar-refractivity contribution in [3.8, 4) is 0 Å². The van der Waals surface area contributed by atoms with E-state index >= 15 is 0 Å². The van der Waals surface area contributed by atoms with Gasteiger partial charge in [-0.2, -0.15) is 5.06 Å². The second-order valence-electron chi connectivity index (χ2n) is 5.82. The summed E-state index contributed by atoms with van der Waals surface area (Å²) in [5.74, 6) is -2.28. The maximum absolute atomic E-state index is 13.3. The van der Waals surface area contributed by atoms with Gasteiger partial charge in [-0.25, -0.2) is 18.8 Å². The fraction of sp³-hybridized carbons (Fsp3) is 0.400. The van der Waals surface area contributed by atoms with Crippen LogP contribution in [0.1, 0.15) is 12.6 Å². The third kappa shape index (κ3) is 4.27. The van der Waals surface area contributed by atoms with Crippen LogP contribution in [-0.4, -0.2) is 86.8 Å². The number of carboxylic acid groups (broad SMARTS) is 1. The second kappa shape index (κ2) is 8.47. The van der Waals surface area contributed by atoms with E-state index in [-0.39, 0.29) is 32.0 Å². The Morgan fingerprint density at radius 3 is 2.85 bits per heavy atom. The molecule has 3 heterocycles. The number of amides is 3. The molecule has 0 aromatic carbocycles. The molecule has 2 aliphatic rings. The Hall–Kier alpha value is -2.48. The first-order chi connectivity index (χ1) is 12.4. The van der Waals surface area contributed by atoms with E-state index in [1.54, 1.807) is 13.0 Å². The number of hydrogen-bond acceptors (Lipinski definition) is 6. The minimum absolute atomic E-state index is 0. The number of rotatable bonds is 6. The predicted octanol–water partition coefficient (Wildman–Crippen LogP) is -0.809. The number of carbonyl (C=O) groups is 3. The summed E-state index contributed by atoms with van der Waals surface area (Å²) in [7, 11) is 0. The first-order valence-electron chi connectivity index (χ1n) is 7.73. The molecule has 0 unspecified atom stereocenters. The summed E-state index contributed by atoms with van der Waals surface area (Å²) in [4.78, 5) is 49.3. The number of halogens is 1. The van der Waals surface area contributed by atoms with Gasteiger partial charge in [-0.15, -0.1) is 0 Å². The summed E-state index contributed by atoms with van der Waals surface area (Å²) in [6, 6.07) is -2.33. The van der Waals surface area contributed by atoms with Gasteiger partial charge in [0.2, 0.25) is 5.91 Å². The first-order valence-corrected chi connectivity index (χ1v) is 7.73. The van der Waals surface area contributed by atoms with Gasteiger partial charge < -0.3 is 15.3 Å². The normalized spacial score (nSPS) is 22.0. The molecule has 12 heteroatoms. The monoisotopic (exact) mass is 373 g/mol. The van der Waals surface area contributed by atoms with Crippen molar-refractivity contribution >= 4 is 36.8 Å². The van der Waals surface area contributed by atoms with Crippen molar-refractivity contribution in [2.24, 2.45) is 0 Å². The molecule has 3 atom stereocenters. The third-order valence-corrected chi connectivity index (χ3v) is 4.03. The van der Waals surface area contributed by atoms with Crippen molar-refractivity contribution in [1.29, 1.82) is 0 Å². The summed E-state index contributed by atoms with van der Waals surface area (Å²) in [6.45, 7) is 1.88. The Morgan fingerprint density at radius 2 is 2.22 bits per heavy atom. The van der Waals surface area contributed by atoms with Gasteiger partial charge in [0, 0.05) is 12.4 Å². The molecule has 0 spiro atoms. The van der Waals surface area contributed by atoms with Gasteiger partial charge in [0.25, 0.3) is 0 Å². The van der Waals surface area contributed by atoms with Crippen LogP contribution in [0.25, 0.3) is 0 Å². The van der Waals surface area contributed by atoms with E-state index in [0.717, 1.165) is 0 Å². The topological polar surface area (TPSA) is 125 Å². The molecule has 1 aromatic rings. The van der Waals surface area contributed by atoms with Crippen LogP contribution in [0.3, 0.4) is 0 Å². The van der Waals surface area contributed by atoms with Crippen molar-refractivity contribution in [3.05, 3.63) is 35.9 Å². The Bertz CT molecular complexity index is 764. The van der Waals surface area contributed by atoms with Gasteiger partial charge in [-0.1, -0.05) is 6.08 Å². The molecular weight excluding hydrogens is 356 g/mol. The van der Waals surface area contributed by atoms with E-state index in [4.69, 9.17) is 5.11 Å². The Kier molecular flexibility index (Phi) is 6.53. The molecule has 10 nitrogen and oxygen atoms in total. The van der Waals surface area contributed by atoms with Crippen LogP contribution in [-0.2, 0) is 21.0 Å². The van der Waals surface area contributed by atoms with Gasteiger partial charge in [-0.05, 0) is 12.5 Å². The molecule has 0 radical (unpaired) electrons. The number of hydrogen-bond donors (Lipinski definition) is 2. The number of carbonyl (C=O) groups excluding carboxylic acids is 2. The Labute approximate surface area is 165 Å².